The van der Waals surface area contributed by atoms with Gasteiger partial charge >= 0.3 is 23.4 Å². The lowest BCUT2D eigenvalue weighted by molar-refractivity contribution is -0.648. The van der Waals surface area contributed by atoms with Crippen LogP contribution in [0.5, 0.6) is 0 Å². The van der Waals surface area contributed by atoms with Gasteiger partial charge in [-0.05, 0) is 66.7 Å². The molecular weight excluding hydrogens is 1310 g/mol. The van der Waals surface area contributed by atoms with E-state index in [9.17, 15) is 0 Å². The van der Waals surface area contributed by atoms with Crippen LogP contribution in [0.1, 0.15) is 31.9 Å². The van der Waals surface area contributed by atoms with E-state index in [1.807, 2.05) is 149 Å². The molecule has 0 amide bonds. The molecule has 0 N–H and O–H groups in total. The SMILES string of the molecule is C[n+]1c2n(c3cn4ccncc4c31)Cc1cccnc1-2.[2H]C([2H])([2H])[n+]1c2n(c3cn4ccncc4c31)Cc1cccnc1-2.c1ccc(-n2c3[n+](c4cn5ccncc5c42)Cc2cccnc2-3)cc1.c1cnc2c(c1)C[n+]1c-2oc2cn3cnccc3c21.c1cnc2c(c1)C[n+]1c-2sc2cn3cnccc3c21. The van der Waals surface area contributed by atoms with Gasteiger partial charge in [0.05, 0.1) is 85.3 Å². The maximum absolute atomic E-state index is 8.02. The fourth-order valence-electron chi connectivity index (χ4n) is 16.0. The Balaban J connectivity index is 0.0000000830. The van der Waals surface area contributed by atoms with Crippen molar-refractivity contribution in [2.45, 2.75) is 32.7 Å². The predicted octanol–water partition coefficient (Wildman–Crippen LogP) is 10.1. The number of thiazole rings is 1. The van der Waals surface area contributed by atoms with Crippen molar-refractivity contribution >= 4 is 93.3 Å². The molecule has 26 rings (SSSR count). The van der Waals surface area contributed by atoms with E-state index in [1.54, 1.807) is 48.6 Å². The van der Waals surface area contributed by atoms with Gasteiger partial charge in [-0.25, -0.2) is 57.7 Å². The highest BCUT2D eigenvalue weighted by atomic mass is 32.1. The minimum Gasteiger partial charge on any atom is -0.395 e. The summed E-state index contributed by atoms with van der Waals surface area (Å²) in [5, 5.41) is 1.26. The average molecular weight is 1370 g/mol. The minimum absolute atomic E-state index is 0.627. The van der Waals surface area contributed by atoms with Gasteiger partial charge in [-0.1, -0.05) is 47.7 Å². The van der Waals surface area contributed by atoms with Gasteiger partial charge in [0.1, 0.15) is 57.6 Å². The summed E-state index contributed by atoms with van der Waals surface area (Å²) in [4.78, 5) is 43.6. The standard InChI is InChI=1S/C20H14N5.2C15H12N5.C14H9N4O.C14H9N4S/c1-2-6-15(7-3-1)25-19-16-11-21-9-10-23(16)13-17(19)24-12-14-5-4-8-22-18(14)20(24)25;2*1-18-14-11-7-16-5-6-19(11)9-12(14)20-8-10-3-2-4-17-13(10)15(18)20;2*1-2-9-6-18-13-10-3-5-15-8-17(10)7-11(13)19-14(18)12(9)16-4-1/h1-11,13H,12H2;2*2-7,9H,8H2,1H3;2*1-5,7-8H,6H2/q5*+1/i;1D3;;;. The first kappa shape index (κ1) is 54.1. The lowest BCUT2D eigenvalue weighted by Gasteiger charge is -2.01. The minimum atomic E-state index is -2.30. The monoisotopic (exact) mass is 1370 g/mol. The molecule has 24 nitrogen and oxygen atoms in total. The number of hydrogen-bond donors (Lipinski definition) is 0. The summed E-state index contributed by atoms with van der Waals surface area (Å²) in [6, 6.07) is 35.0. The fourth-order valence-corrected chi connectivity index (χ4v) is 17.3. The first-order valence-corrected chi connectivity index (χ1v) is 34.4. The third-order valence-electron chi connectivity index (χ3n) is 20.4. The molecule has 103 heavy (non-hydrogen) atoms. The molecule has 25 heterocycles. The Bertz CT molecular complexity index is 7090. The Labute approximate surface area is 590 Å². The number of imidazole rings is 3. The van der Waals surface area contributed by atoms with Crippen molar-refractivity contribution < 1.29 is 31.4 Å². The Morgan fingerprint density at radius 2 is 0.942 bits per heavy atom. The summed E-state index contributed by atoms with van der Waals surface area (Å²) >= 11 is 1.81. The highest BCUT2D eigenvalue weighted by Gasteiger charge is 2.41. The topological polar surface area (TPSA) is 198 Å². The molecule has 0 spiro atoms. The lowest BCUT2D eigenvalue weighted by atomic mass is 10.2. The van der Waals surface area contributed by atoms with Crippen LogP contribution in [0, 0.1) is 0 Å². The van der Waals surface area contributed by atoms with E-state index in [-0.39, 0.29) is 0 Å². The van der Waals surface area contributed by atoms with Gasteiger partial charge in [0.2, 0.25) is 27.6 Å². The zero-order valence-electron chi connectivity index (χ0n) is 57.7. The van der Waals surface area contributed by atoms with Crippen LogP contribution in [0.25, 0.3) is 145 Å². The molecule has 0 saturated carbocycles. The molecule has 5 aliphatic heterocycles. The quantitative estimate of drug-likeness (QED) is 0.142. The summed E-state index contributed by atoms with van der Waals surface area (Å²) in [6.07, 6.45) is 43.5. The third-order valence-corrected chi connectivity index (χ3v) is 21.5. The van der Waals surface area contributed by atoms with Crippen molar-refractivity contribution in [2.24, 2.45) is 14.0 Å². The smallest absolute Gasteiger partial charge is 0.395 e. The van der Waals surface area contributed by atoms with Gasteiger partial charge in [-0.15, -0.1) is 4.57 Å². The molecule has 0 unspecified atom stereocenters. The second-order valence-electron chi connectivity index (χ2n) is 26.0. The van der Waals surface area contributed by atoms with Crippen LogP contribution in [0.4, 0.5) is 0 Å². The van der Waals surface area contributed by atoms with E-state index in [0.717, 1.165) is 116 Å². The third kappa shape index (κ3) is 8.35. The Kier molecular flexibility index (Phi) is 11.5. The van der Waals surface area contributed by atoms with E-state index in [1.165, 1.54) is 75.5 Å². The number of pyridine rings is 5. The number of aryl methyl sites for hydroxylation is 2. The molecule has 21 aromatic rings. The molecule has 25 heteroatoms. The zero-order valence-corrected chi connectivity index (χ0v) is 55.5. The van der Waals surface area contributed by atoms with Gasteiger partial charge < -0.3 is 22.0 Å². The van der Waals surface area contributed by atoms with Crippen LogP contribution >= 0.6 is 11.3 Å². The summed E-state index contributed by atoms with van der Waals surface area (Å²) < 4.78 is 58.8. The second kappa shape index (κ2) is 21.8. The molecule has 0 fully saturated rings. The van der Waals surface area contributed by atoms with Crippen LogP contribution in [0.15, 0.2) is 250 Å². The molecule has 0 atom stereocenters. The molecule has 0 bridgehead atoms. The number of fused-ring (bicyclic) bond motifs is 35. The first-order valence-electron chi connectivity index (χ1n) is 35.1. The van der Waals surface area contributed by atoms with Crippen molar-refractivity contribution in [1.82, 2.24) is 85.5 Å². The molecule has 0 saturated heterocycles. The average Bonchev–Trinajstić information content (AvgIpc) is 1.59. The highest BCUT2D eigenvalue weighted by Crippen LogP contribution is 2.40. The Hall–Kier alpha value is -13.8. The number of para-hydroxylation sites is 1. The normalized spacial score (nSPS) is 13.5. The Morgan fingerprint density at radius 1 is 0.417 bits per heavy atom. The van der Waals surface area contributed by atoms with Crippen LogP contribution in [-0.4, -0.2) is 85.5 Å². The molecule has 0 aliphatic carbocycles. The van der Waals surface area contributed by atoms with Crippen molar-refractivity contribution in [1.29, 1.82) is 0 Å². The second-order valence-corrected chi connectivity index (χ2v) is 27.0. The van der Waals surface area contributed by atoms with Crippen molar-refractivity contribution in [3.05, 3.63) is 274 Å². The maximum atomic E-state index is 8.02. The predicted molar refractivity (Wildman–Crippen MR) is 384 cm³/mol. The van der Waals surface area contributed by atoms with Crippen molar-refractivity contribution in [3.63, 3.8) is 0 Å². The summed E-state index contributed by atoms with van der Waals surface area (Å²) in [6.45, 7) is 1.80. The number of oxazole rings is 1. The molecular formula is C78H56N23OS+5. The fraction of sp³-hybridized carbons (Fsp3) is 0.0897. The zero-order chi connectivity index (χ0) is 70.2. The van der Waals surface area contributed by atoms with Crippen LogP contribution < -0.4 is 22.8 Å². The summed E-state index contributed by atoms with van der Waals surface area (Å²) in [7, 11) is 2.10. The van der Waals surface area contributed by atoms with Crippen LogP contribution in [0.3, 0.4) is 0 Å². The van der Waals surface area contributed by atoms with E-state index in [4.69, 9.17) is 8.53 Å². The summed E-state index contributed by atoms with van der Waals surface area (Å²) in [5.74, 6) is 3.80. The molecule has 5 aliphatic rings. The van der Waals surface area contributed by atoms with Crippen LogP contribution in [-0.2, 0) is 46.7 Å². The first-order chi connectivity index (χ1) is 52.1. The van der Waals surface area contributed by atoms with Gasteiger partial charge in [0, 0.05) is 103 Å². The largest absolute Gasteiger partial charge is 0.401 e. The Morgan fingerprint density at radius 3 is 1.59 bits per heavy atom. The van der Waals surface area contributed by atoms with Crippen molar-refractivity contribution in [3.8, 4) is 62.5 Å². The number of rotatable bonds is 1. The molecule has 490 valence electrons. The highest BCUT2D eigenvalue weighted by molar-refractivity contribution is 7.21. The van der Waals surface area contributed by atoms with E-state index in [2.05, 4.69) is 171 Å². The number of hydrogen-bond acceptors (Lipinski definition) is 12. The van der Waals surface area contributed by atoms with Gasteiger partial charge in [0.25, 0.3) is 10.5 Å². The van der Waals surface area contributed by atoms with Crippen molar-refractivity contribution in [2.75, 3.05) is 0 Å². The maximum Gasteiger partial charge on any atom is 0.401 e. The number of nitrogens with zero attached hydrogens (tertiary/aromatic N) is 23. The molecule has 0 radical (unpaired) electrons. The molecule has 20 aromatic heterocycles. The summed E-state index contributed by atoms with van der Waals surface area (Å²) in [5.41, 5.74) is 27.2. The van der Waals surface area contributed by atoms with E-state index in [0.29, 0.717) is 17.9 Å². The number of aromatic nitrogens is 23. The van der Waals surface area contributed by atoms with Gasteiger partial charge in [0.15, 0.2) is 58.1 Å². The number of benzene rings is 1. The molecule has 1 aromatic carbocycles. The van der Waals surface area contributed by atoms with Crippen LogP contribution in [0.2, 0.25) is 0 Å². The van der Waals surface area contributed by atoms with E-state index < -0.39 is 6.98 Å². The van der Waals surface area contributed by atoms with Gasteiger partial charge in [-0.3, -0.25) is 19.4 Å². The lowest BCUT2D eigenvalue weighted by Crippen LogP contribution is -2.31. The van der Waals surface area contributed by atoms with E-state index >= 15 is 0 Å². The van der Waals surface area contributed by atoms with Gasteiger partial charge in [-0.2, -0.15) is 9.13 Å².